The van der Waals surface area contributed by atoms with E-state index in [2.05, 4.69) is 12.2 Å². The Morgan fingerprint density at radius 2 is 1.87 bits per heavy atom. The molecule has 0 aromatic heterocycles. The van der Waals surface area contributed by atoms with E-state index < -0.39 is 10.9 Å². The fourth-order valence-corrected chi connectivity index (χ4v) is 2.67. The number of nitro groups is 1. The van der Waals surface area contributed by atoms with Gasteiger partial charge in [-0.1, -0.05) is 6.92 Å². The fourth-order valence-electron chi connectivity index (χ4n) is 2.67. The van der Waals surface area contributed by atoms with Crippen molar-refractivity contribution in [2.75, 3.05) is 13.2 Å². The van der Waals surface area contributed by atoms with Gasteiger partial charge in [-0.2, -0.15) is 0 Å². The summed E-state index contributed by atoms with van der Waals surface area (Å²) in [6, 6.07) is 5.96. The first-order valence-electron chi connectivity index (χ1n) is 7.71. The highest BCUT2D eigenvalue weighted by Gasteiger charge is 2.17. The largest absolute Gasteiger partial charge is 0.461 e. The van der Waals surface area contributed by atoms with Gasteiger partial charge in [0, 0.05) is 24.7 Å². The lowest BCUT2D eigenvalue weighted by molar-refractivity contribution is -0.384. The molecule has 1 aliphatic rings. The number of nitrogens with zero attached hydrogens (tertiary/aromatic N) is 1. The summed E-state index contributed by atoms with van der Waals surface area (Å²) in [5, 5.41) is 14.0. The average molecular weight is 343 g/mol. The van der Waals surface area contributed by atoms with Gasteiger partial charge in [-0.25, -0.2) is 4.79 Å². The molecule has 0 bridgehead atoms. The minimum absolute atomic E-state index is 0. The molecule has 23 heavy (non-hydrogen) atoms. The molecule has 1 fully saturated rings. The molecule has 0 aliphatic heterocycles. The Labute approximate surface area is 142 Å². The van der Waals surface area contributed by atoms with Gasteiger partial charge < -0.3 is 10.1 Å². The Balaban J connectivity index is 0.00000264. The van der Waals surface area contributed by atoms with Crippen molar-refractivity contribution in [2.24, 2.45) is 5.92 Å². The van der Waals surface area contributed by atoms with Crippen LogP contribution in [0.15, 0.2) is 24.3 Å². The highest BCUT2D eigenvalue weighted by Crippen LogP contribution is 2.23. The molecule has 0 radical (unpaired) electrons. The molecule has 0 heterocycles. The number of benzene rings is 1. The highest BCUT2D eigenvalue weighted by atomic mass is 35.5. The molecule has 1 N–H and O–H groups in total. The Kier molecular flexibility index (Phi) is 7.98. The number of rotatable bonds is 6. The van der Waals surface area contributed by atoms with E-state index in [1.165, 1.54) is 49.9 Å². The SMILES string of the molecule is CC1CCC(NCCOC(=O)c2ccc([N+](=O)[O-])cc2)CC1.Cl. The van der Waals surface area contributed by atoms with Crippen LogP contribution in [0.3, 0.4) is 0 Å². The molecule has 0 atom stereocenters. The molecule has 1 aromatic carbocycles. The molecule has 0 unspecified atom stereocenters. The van der Waals surface area contributed by atoms with Crippen molar-refractivity contribution in [1.29, 1.82) is 0 Å². The van der Waals surface area contributed by atoms with Crippen molar-refractivity contribution < 1.29 is 14.5 Å². The predicted molar refractivity (Wildman–Crippen MR) is 90.0 cm³/mol. The van der Waals surface area contributed by atoms with Gasteiger partial charge in [0.05, 0.1) is 10.5 Å². The van der Waals surface area contributed by atoms with Gasteiger partial charge in [-0.05, 0) is 43.7 Å². The molecular formula is C16H23ClN2O4. The Bertz CT molecular complexity index is 513. The van der Waals surface area contributed by atoms with Gasteiger partial charge in [0.2, 0.25) is 0 Å². The van der Waals surface area contributed by atoms with E-state index in [-0.39, 0.29) is 18.1 Å². The third-order valence-electron chi connectivity index (χ3n) is 4.10. The topological polar surface area (TPSA) is 81.5 Å². The molecule has 1 aliphatic carbocycles. The van der Waals surface area contributed by atoms with Crippen LogP contribution in [0, 0.1) is 16.0 Å². The van der Waals surface area contributed by atoms with E-state index in [9.17, 15) is 14.9 Å². The monoisotopic (exact) mass is 342 g/mol. The molecule has 0 amide bonds. The van der Waals surface area contributed by atoms with E-state index in [0.29, 0.717) is 24.8 Å². The van der Waals surface area contributed by atoms with E-state index >= 15 is 0 Å². The van der Waals surface area contributed by atoms with E-state index in [0.717, 1.165) is 5.92 Å². The van der Waals surface area contributed by atoms with Crippen molar-refractivity contribution in [3.05, 3.63) is 39.9 Å². The summed E-state index contributed by atoms with van der Waals surface area (Å²) in [4.78, 5) is 21.8. The van der Waals surface area contributed by atoms with Crippen LogP contribution < -0.4 is 5.32 Å². The Morgan fingerprint density at radius 3 is 2.43 bits per heavy atom. The molecule has 2 rings (SSSR count). The molecule has 1 saturated carbocycles. The molecule has 0 saturated heterocycles. The van der Waals surface area contributed by atoms with Gasteiger partial charge in [-0.3, -0.25) is 10.1 Å². The molecule has 0 spiro atoms. The maximum absolute atomic E-state index is 11.8. The average Bonchev–Trinajstić information content (AvgIpc) is 2.53. The standard InChI is InChI=1S/C16H22N2O4.ClH/c1-12-2-6-14(7-3-12)17-10-11-22-16(19)13-4-8-15(9-5-13)18(20)21;/h4-5,8-9,12,14,17H,2-3,6-7,10-11H2,1H3;1H. The lowest BCUT2D eigenvalue weighted by Gasteiger charge is -2.26. The van der Waals surface area contributed by atoms with Crippen LogP contribution in [0.1, 0.15) is 43.0 Å². The first kappa shape index (κ1) is 19.4. The van der Waals surface area contributed by atoms with E-state index in [1.807, 2.05) is 0 Å². The van der Waals surface area contributed by atoms with E-state index in [1.54, 1.807) is 0 Å². The van der Waals surface area contributed by atoms with Crippen molar-refractivity contribution >= 4 is 24.1 Å². The summed E-state index contributed by atoms with van der Waals surface area (Å²) in [6.45, 7) is 3.22. The molecule has 7 heteroatoms. The molecule has 1 aromatic rings. The summed E-state index contributed by atoms with van der Waals surface area (Å²) in [6.07, 6.45) is 4.86. The lowest BCUT2D eigenvalue weighted by Crippen LogP contribution is -2.35. The molecule has 6 nitrogen and oxygen atoms in total. The number of halogens is 1. The number of ether oxygens (including phenoxy) is 1. The maximum Gasteiger partial charge on any atom is 0.338 e. The van der Waals surface area contributed by atoms with Crippen LogP contribution in [-0.2, 0) is 4.74 Å². The zero-order valence-corrected chi connectivity index (χ0v) is 14.0. The third kappa shape index (κ3) is 6.15. The third-order valence-corrected chi connectivity index (χ3v) is 4.10. The van der Waals surface area contributed by atoms with Crippen LogP contribution in [0.4, 0.5) is 5.69 Å². The van der Waals surface area contributed by atoms with Crippen molar-refractivity contribution in [2.45, 2.75) is 38.6 Å². The number of nitro benzene ring substituents is 1. The predicted octanol–water partition coefficient (Wildman–Crippen LogP) is 3.34. The number of carbonyl (C=O) groups excluding carboxylic acids is 1. The summed E-state index contributed by atoms with van der Waals surface area (Å²) >= 11 is 0. The quantitative estimate of drug-likeness (QED) is 0.371. The lowest BCUT2D eigenvalue weighted by atomic mass is 9.87. The number of nitrogens with one attached hydrogen (secondary N) is 1. The number of hydrogen-bond acceptors (Lipinski definition) is 5. The number of hydrogen-bond donors (Lipinski definition) is 1. The summed E-state index contributed by atoms with van der Waals surface area (Å²) in [5.74, 6) is 0.368. The summed E-state index contributed by atoms with van der Waals surface area (Å²) in [5.41, 5.74) is 0.293. The number of non-ortho nitro benzene ring substituents is 1. The fraction of sp³-hybridized carbons (Fsp3) is 0.562. The molecule has 128 valence electrons. The summed E-state index contributed by atoms with van der Waals surface area (Å²) < 4.78 is 5.17. The zero-order valence-electron chi connectivity index (χ0n) is 13.2. The van der Waals surface area contributed by atoms with Crippen LogP contribution in [0.25, 0.3) is 0 Å². The second-order valence-corrected chi connectivity index (χ2v) is 5.85. The zero-order chi connectivity index (χ0) is 15.9. The number of esters is 1. The van der Waals surface area contributed by atoms with Gasteiger partial charge >= 0.3 is 5.97 Å². The highest BCUT2D eigenvalue weighted by molar-refractivity contribution is 5.89. The van der Waals surface area contributed by atoms with Gasteiger partial charge in [0.15, 0.2) is 0 Å². The van der Waals surface area contributed by atoms with Gasteiger partial charge in [0.25, 0.3) is 5.69 Å². The normalized spacial score (nSPS) is 20.4. The second-order valence-electron chi connectivity index (χ2n) is 5.85. The van der Waals surface area contributed by atoms with Crippen LogP contribution in [-0.4, -0.2) is 30.1 Å². The van der Waals surface area contributed by atoms with Crippen LogP contribution in [0.2, 0.25) is 0 Å². The van der Waals surface area contributed by atoms with Crippen LogP contribution >= 0.6 is 12.4 Å². The second kappa shape index (κ2) is 9.47. The van der Waals surface area contributed by atoms with Crippen LogP contribution in [0.5, 0.6) is 0 Å². The van der Waals surface area contributed by atoms with Crippen molar-refractivity contribution in [3.63, 3.8) is 0 Å². The van der Waals surface area contributed by atoms with Gasteiger partial charge in [-0.15, -0.1) is 12.4 Å². The summed E-state index contributed by atoms with van der Waals surface area (Å²) in [7, 11) is 0. The minimum atomic E-state index is -0.496. The number of carbonyl (C=O) groups is 1. The van der Waals surface area contributed by atoms with Gasteiger partial charge in [0.1, 0.15) is 6.61 Å². The first-order valence-corrected chi connectivity index (χ1v) is 7.71. The minimum Gasteiger partial charge on any atom is -0.461 e. The first-order chi connectivity index (χ1) is 10.6. The Hall–Kier alpha value is -1.66. The van der Waals surface area contributed by atoms with E-state index in [4.69, 9.17) is 4.74 Å². The maximum atomic E-state index is 11.8. The smallest absolute Gasteiger partial charge is 0.338 e. The van der Waals surface area contributed by atoms with Crippen molar-refractivity contribution in [1.82, 2.24) is 5.32 Å². The molecular weight excluding hydrogens is 320 g/mol. The Morgan fingerprint density at radius 1 is 1.26 bits per heavy atom. The van der Waals surface area contributed by atoms with Crippen molar-refractivity contribution in [3.8, 4) is 0 Å².